The van der Waals surface area contributed by atoms with E-state index < -0.39 is 17.7 Å². The lowest BCUT2D eigenvalue weighted by atomic mass is 9.86. The molecule has 2 heterocycles. The first-order valence-corrected chi connectivity index (χ1v) is 8.00. The fourth-order valence-corrected chi connectivity index (χ4v) is 2.85. The van der Waals surface area contributed by atoms with Gasteiger partial charge in [-0.15, -0.1) is 0 Å². The number of aliphatic hydroxyl groups is 1. The van der Waals surface area contributed by atoms with E-state index in [-0.39, 0.29) is 5.84 Å². The van der Waals surface area contributed by atoms with E-state index in [2.05, 4.69) is 21.4 Å². The van der Waals surface area contributed by atoms with Gasteiger partial charge in [-0.3, -0.25) is 15.3 Å². The van der Waals surface area contributed by atoms with Gasteiger partial charge in [0.05, 0.1) is 11.6 Å². The molecule has 0 radical (unpaired) electrons. The highest BCUT2D eigenvalue weighted by Gasteiger charge is 2.43. The highest BCUT2D eigenvalue weighted by atomic mass is 16.5. The molecule has 1 aromatic heterocycles. The molecule has 3 rings (SSSR count). The average molecular weight is 347 g/mol. The summed E-state index contributed by atoms with van der Waals surface area (Å²) >= 11 is 0. The molecule has 0 spiro atoms. The largest absolute Gasteiger partial charge is 0.485 e. The fourth-order valence-electron chi connectivity index (χ4n) is 2.85. The van der Waals surface area contributed by atoms with E-state index in [9.17, 15) is 10.4 Å². The van der Waals surface area contributed by atoms with Crippen molar-refractivity contribution in [2.75, 3.05) is 0 Å². The Morgan fingerprint density at radius 3 is 2.81 bits per heavy atom. The number of pyridine rings is 1. The molecular weight excluding hydrogens is 330 g/mol. The summed E-state index contributed by atoms with van der Waals surface area (Å²) in [7, 11) is 0. The maximum Gasteiger partial charge on any atom is 0.182 e. The van der Waals surface area contributed by atoms with Gasteiger partial charge in [0.25, 0.3) is 0 Å². The molecule has 7 nitrogen and oxygen atoms in total. The smallest absolute Gasteiger partial charge is 0.182 e. The van der Waals surface area contributed by atoms with Gasteiger partial charge in [-0.2, -0.15) is 10.5 Å². The van der Waals surface area contributed by atoms with Crippen molar-refractivity contribution in [3.05, 3.63) is 59.4 Å². The number of amidine groups is 1. The SMILES string of the molecule is CC1(C)Oc2ccc(C#N)cc2C(N=C(NC#N)c2cccnc2)C1O. The van der Waals surface area contributed by atoms with Gasteiger partial charge in [0.1, 0.15) is 29.3 Å². The number of ether oxygens (including phenoxy) is 1. The molecule has 0 bridgehead atoms. The first-order valence-electron chi connectivity index (χ1n) is 8.00. The van der Waals surface area contributed by atoms with E-state index in [1.165, 1.54) is 0 Å². The number of hydrogen-bond donors (Lipinski definition) is 2. The van der Waals surface area contributed by atoms with Crippen LogP contribution in [0.25, 0.3) is 0 Å². The number of fused-ring (bicyclic) bond motifs is 1. The molecule has 0 saturated carbocycles. The second-order valence-corrected chi connectivity index (χ2v) is 6.42. The predicted octanol–water partition coefficient (Wildman–Crippen LogP) is 2.04. The normalized spacial score (nSPS) is 20.9. The maximum absolute atomic E-state index is 10.8. The summed E-state index contributed by atoms with van der Waals surface area (Å²) in [6.45, 7) is 3.53. The van der Waals surface area contributed by atoms with Gasteiger partial charge in [-0.1, -0.05) is 0 Å². The van der Waals surface area contributed by atoms with E-state index in [0.717, 1.165) is 0 Å². The van der Waals surface area contributed by atoms with E-state index in [1.54, 1.807) is 56.6 Å². The summed E-state index contributed by atoms with van der Waals surface area (Å²) in [6.07, 6.45) is 4.08. The number of aromatic nitrogens is 1. The van der Waals surface area contributed by atoms with E-state index in [1.807, 2.05) is 6.19 Å². The molecule has 1 aliphatic heterocycles. The summed E-state index contributed by atoms with van der Waals surface area (Å²) < 4.78 is 5.88. The third-order valence-corrected chi connectivity index (χ3v) is 4.22. The number of nitrogens with one attached hydrogen (secondary N) is 1. The second-order valence-electron chi connectivity index (χ2n) is 6.42. The number of hydrogen-bond acceptors (Lipinski definition) is 6. The number of benzene rings is 1. The van der Waals surface area contributed by atoms with Crippen molar-refractivity contribution in [3.8, 4) is 18.0 Å². The Labute approximate surface area is 151 Å². The van der Waals surface area contributed by atoms with Crippen LogP contribution in [0.2, 0.25) is 0 Å². The first-order chi connectivity index (χ1) is 12.5. The molecule has 2 aromatic rings. The molecule has 1 aliphatic rings. The summed E-state index contributed by atoms with van der Waals surface area (Å²) in [5.41, 5.74) is 0.762. The van der Waals surface area contributed by atoms with Gasteiger partial charge >= 0.3 is 0 Å². The Balaban J connectivity index is 2.15. The van der Waals surface area contributed by atoms with Gasteiger partial charge in [0.15, 0.2) is 6.19 Å². The molecule has 1 aromatic carbocycles. The molecule has 0 amide bonds. The summed E-state index contributed by atoms with van der Waals surface area (Å²) in [4.78, 5) is 8.63. The summed E-state index contributed by atoms with van der Waals surface area (Å²) in [5.74, 6) is 0.839. The Morgan fingerprint density at radius 1 is 1.35 bits per heavy atom. The molecule has 0 fully saturated rings. The summed E-state index contributed by atoms with van der Waals surface area (Å²) in [5, 5.41) is 31.6. The van der Waals surface area contributed by atoms with Crippen LogP contribution in [0.3, 0.4) is 0 Å². The van der Waals surface area contributed by atoms with Crippen molar-refractivity contribution in [2.45, 2.75) is 31.6 Å². The number of aliphatic imine (C=N–C) groups is 1. The van der Waals surface area contributed by atoms with Gasteiger partial charge in [-0.25, -0.2) is 0 Å². The van der Waals surface area contributed by atoms with E-state index in [4.69, 9.17) is 10.00 Å². The Kier molecular flexibility index (Phi) is 4.57. The minimum Gasteiger partial charge on any atom is -0.485 e. The highest BCUT2D eigenvalue weighted by Crippen LogP contribution is 2.42. The molecular formula is C19H17N5O2. The van der Waals surface area contributed by atoms with Crippen LogP contribution in [0.5, 0.6) is 5.75 Å². The number of nitriles is 2. The van der Waals surface area contributed by atoms with Crippen molar-refractivity contribution in [3.63, 3.8) is 0 Å². The number of aliphatic hydroxyl groups excluding tert-OH is 1. The number of nitrogens with zero attached hydrogens (tertiary/aromatic N) is 4. The fraction of sp³-hybridized carbons (Fsp3) is 0.263. The lowest BCUT2D eigenvalue weighted by Gasteiger charge is -2.40. The van der Waals surface area contributed by atoms with Crippen molar-refractivity contribution in [2.24, 2.45) is 4.99 Å². The Morgan fingerprint density at radius 2 is 2.15 bits per heavy atom. The molecule has 0 saturated heterocycles. The molecule has 2 N–H and O–H groups in total. The zero-order valence-corrected chi connectivity index (χ0v) is 14.3. The minimum absolute atomic E-state index is 0.288. The molecule has 26 heavy (non-hydrogen) atoms. The summed E-state index contributed by atoms with van der Waals surface area (Å²) in [6, 6.07) is 9.87. The first kappa shape index (κ1) is 17.4. The Bertz CT molecular complexity index is 925. The number of rotatable bonds is 2. The highest BCUT2D eigenvalue weighted by molar-refractivity contribution is 5.99. The van der Waals surface area contributed by atoms with Crippen molar-refractivity contribution in [1.82, 2.24) is 10.3 Å². The van der Waals surface area contributed by atoms with Crippen LogP contribution < -0.4 is 10.1 Å². The molecule has 7 heteroatoms. The van der Waals surface area contributed by atoms with Gasteiger partial charge in [0.2, 0.25) is 0 Å². The van der Waals surface area contributed by atoms with Crippen LogP contribution in [0.15, 0.2) is 47.7 Å². The lowest BCUT2D eigenvalue weighted by Crippen LogP contribution is -2.48. The van der Waals surface area contributed by atoms with E-state index >= 15 is 0 Å². The van der Waals surface area contributed by atoms with Gasteiger partial charge in [-0.05, 0) is 44.2 Å². The lowest BCUT2D eigenvalue weighted by molar-refractivity contribution is -0.0566. The van der Waals surface area contributed by atoms with Crippen molar-refractivity contribution < 1.29 is 9.84 Å². The van der Waals surface area contributed by atoms with Crippen LogP contribution in [0, 0.1) is 22.8 Å². The second kappa shape index (κ2) is 6.83. The molecule has 130 valence electrons. The predicted molar refractivity (Wildman–Crippen MR) is 94.1 cm³/mol. The van der Waals surface area contributed by atoms with Crippen LogP contribution in [-0.2, 0) is 0 Å². The van der Waals surface area contributed by atoms with Gasteiger partial charge < -0.3 is 9.84 Å². The zero-order chi connectivity index (χ0) is 18.7. The van der Waals surface area contributed by atoms with Crippen LogP contribution in [-0.4, -0.2) is 27.6 Å². The van der Waals surface area contributed by atoms with Crippen molar-refractivity contribution in [1.29, 1.82) is 10.5 Å². The molecule has 0 aliphatic carbocycles. The minimum atomic E-state index is -0.976. The Hall–Kier alpha value is -3.42. The third-order valence-electron chi connectivity index (χ3n) is 4.22. The standard InChI is InChI=1S/C19H17N5O2/c1-19(2)17(25)16(14-8-12(9-20)5-6-15(14)26-19)24-18(23-11-21)13-4-3-7-22-10-13/h3-8,10,16-17,25H,1-2H3,(H,23,24). The van der Waals surface area contributed by atoms with Crippen LogP contribution >= 0.6 is 0 Å². The molecule has 2 unspecified atom stereocenters. The van der Waals surface area contributed by atoms with Crippen LogP contribution in [0.1, 0.15) is 36.6 Å². The maximum atomic E-state index is 10.8. The van der Waals surface area contributed by atoms with Gasteiger partial charge in [0, 0.05) is 23.5 Å². The zero-order valence-electron chi connectivity index (χ0n) is 14.3. The molecule has 2 atom stereocenters. The monoisotopic (exact) mass is 347 g/mol. The quantitative estimate of drug-likeness (QED) is 0.372. The van der Waals surface area contributed by atoms with Crippen molar-refractivity contribution >= 4 is 5.84 Å². The average Bonchev–Trinajstić information content (AvgIpc) is 2.65. The third kappa shape index (κ3) is 3.21. The van der Waals surface area contributed by atoms with Crippen LogP contribution in [0.4, 0.5) is 0 Å². The van der Waals surface area contributed by atoms with E-state index in [0.29, 0.717) is 22.4 Å². The topological polar surface area (TPSA) is 114 Å².